The summed E-state index contributed by atoms with van der Waals surface area (Å²) in [6.45, 7) is 0.226. The first kappa shape index (κ1) is 12.3. The van der Waals surface area contributed by atoms with E-state index in [1.807, 2.05) is 18.2 Å². The van der Waals surface area contributed by atoms with Gasteiger partial charge in [-0.05, 0) is 11.6 Å². The van der Waals surface area contributed by atoms with Gasteiger partial charge in [0.2, 0.25) is 0 Å². The Bertz CT molecular complexity index is 546. The van der Waals surface area contributed by atoms with Crippen molar-refractivity contribution in [2.75, 3.05) is 12.3 Å². The summed E-state index contributed by atoms with van der Waals surface area (Å²) in [5.41, 5.74) is 7.33. The molecule has 1 aromatic carbocycles. The molecule has 0 amide bonds. The van der Waals surface area contributed by atoms with Crippen molar-refractivity contribution in [3.05, 3.63) is 53.7 Å². The lowest BCUT2D eigenvalue weighted by Gasteiger charge is -2.07. The minimum Gasteiger partial charge on any atom is -0.475 e. The number of benzene rings is 1. The number of aromatic nitrogens is 1. The zero-order chi connectivity index (χ0) is 13.0. The molecule has 3 nitrogen and oxygen atoms in total. The van der Waals surface area contributed by atoms with E-state index >= 15 is 0 Å². The van der Waals surface area contributed by atoms with Gasteiger partial charge in [0, 0.05) is 18.2 Å². The van der Waals surface area contributed by atoms with E-state index in [1.165, 1.54) is 0 Å². The van der Waals surface area contributed by atoms with Crippen LogP contribution in [-0.2, 0) is 6.42 Å². The van der Waals surface area contributed by atoms with E-state index in [4.69, 9.17) is 10.5 Å². The molecular formula is C13H12F2N2O. The van der Waals surface area contributed by atoms with Crippen LogP contribution in [0.15, 0.2) is 36.5 Å². The molecule has 2 aromatic rings. The smallest absolute Gasteiger partial charge is 0.250 e. The summed E-state index contributed by atoms with van der Waals surface area (Å²) in [6.07, 6.45) is 1.44. The standard InChI is InChI=1S/C13H12F2N2O/c14-10-7-11(15)13(17-8-10)18-6-5-9-3-1-2-4-12(9)16/h1-4,7-8H,5-6,16H2. The number of nitrogens with two attached hydrogens (primary N) is 1. The van der Waals surface area contributed by atoms with Crippen molar-refractivity contribution in [3.63, 3.8) is 0 Å². The number of nitrogens with zero attached hydrogens (tertiary/aromatic N) is 1. The monoisotopic (exact) mass is 250 g/mol. The van der Waals surface area contributed by atoms with Gasteiger partial charge in [0.05, 0.1) is 12.8 Å². The van der Waals surface area contributed by atoms with Gasteiger partial charge in [-0.15, -0.1) is 0 Å². The first-order valence-corrected chi connectivity index (χ1v) is 5.44. The molecule has 0 aliphatic rings. The number of hydrogen-bond acceptors (Lipinski definition) is 3. The van der Waals surface area contributed by atoms with Gasteiger partial charge in [-0.25, -0.2) is 13.8 Å². The average Bonchev–Trinajstić information content (AvgIpc) is 2.34. The normalized spacial score (nSPS) is 10.3. The van der Waals surface area contributed by atoms with Crippen LogP contribution in [0.2, 0.25) is 0 Å². The van der Waals surface area contributed by atoms with Gasteiger partial charge in [-0.1, -0.05) is 18.2 Å². The molecule has 5 heteroatoms. The number of ether oxygens (including phenoxy) is 1. The molecule has 2 rings (SSSR count). The Morgan fingerprint density at radius 2 is 2.00 bits per heavy atom. The van der Waals surface area contributed by atoms with E-state index in [9.17, 15) is 8.78 Å². The van der Waals surface area contributed by atoms with E-state index in [2.05, 4.69) is 4.98 Å². The molecule has 0 aliphatic carbocycles. The first-order chi connectivity index (χ1) is 8.66. The SMILES string of the molecule is Nc1ccccc1CCOc1ncc(F)cc1F. The van der Waals surface area contributed by atoms with Gasteiger partial charge in [-0.3, -0.25) is 0 Å². The second kappa shape index (κ2) is 5.44. The first-order valence-electron chi connectivity index (χ1n) is 5.44. The second-order valence-corrected chi connectivity index (χ2v) is 3.74. The predicted molar refractivity (Wildman–Crippen MR) is 64.2 cm³/mol. The van der Waals surface area contributed by atoms with Crippen molar-refractivity contribution in [1.82, 2.24) is 4.98 Å². The molecule has 0 bridgehead atoms. The molecule has 0 saturated heterocycles. The molecule has 0 unspecified atom stereocenters. The van der Waals surface area contributed by atoms with Crippen LogP contribution < -0.4 is 10.5 Å². The second-order valence-electron chi connectivity index (χ2n) is 3.74. The van der Waals surface area contributed by atoms with Gasteiger partial charge in [0.15, 0.2) is 5.82 Å². The summed E-state index contributed by atoms with van der Waals surface area (Å²) in [5, 5.41) is 0. The summed E-state index contributed by atoms with van der Waals surface area (Å²) < 4.78 is 31.0. The minimum atomic E-state index is -0.809. The lowest BCUT2D eigenvalue weighted by Crippen LogP contribution is -2.06. The number of halogens is 2. The summed E-state index contributed by atoms with van der Waals surface area (Å²) >= 11 is 0. The van der Waals surface area contributed by atoms with Crippen molar-refractivity contribution >= 4 is 5.69 Å². The Balaban J connectivity index is 1.95. The zero-order valence-electron chi connectivity index (χ0n) is 9.57. The summed E-state index contributed by atoms with van der Waals surface area (Å²) in [7, 11) is 0. The van der Waals surface area contributed by atoms with Gasteiger partial charge < -0.3 is 10.5 Å². The molecule has 0 radical (unpaired) electrons. The molecule has 18 heavy (non-hydrogen) atoms. The van der Waals surface area contributed by atoms with Crippen LogP contribution in [0.4, 0.5) is 14.5 Å². The predicted octanol–water partition coefficient (Wildman–Crippen LogP) is 2.56. The van der Waals surface area contributed by atoms with Crippen LogP contribution in [-0.4, -0.2) is 11.6 Å². The lowest BCUT2D eigenvalue weighted by molar-refractivity contribution is 0.290. The Morgan fingerprint density at radius 1 is 1.22 bits per heavy atom. The van der Waals surface area contributed by atoms with Crippen molar-refractivity contribution in [3.8, 4) is 5.88 Å². The number of hydrogen-bond donors (Lipinski definition) is 1. The summed E-state index contributed by atoms with van der Waals surface area (Å²) in [6, 6.07) is 8.09. The third kappa shape index (κ3) is 2.94. The van der Waals surface area contributed by atoms with Crippen LogP contribution in [0.5, 0.6) is 5.88 Å². The Kier molecular flexibility index (Phi) is 3.72. The van der Waals surface area contributed by atoms with Crippen LogP contribution in [0, 0.1) is 11.6 Å². The van der Waals surface area contributed by atoms with Gasteiger partial charge >= 0.3 is 0 Å². The van der Waals surface area contributed by atoms with Crippen LogP contribution >= 0.6 is 0 Å². The number of pyridine rings is 1. The highest BCUT2D eigenvalue weighted by molar-refractivity contribution is 5.46. The maximum absolute atomic E-state index is 13.2. The van der Waals surface area contributed by atoms with Crippen molar-refractivity contribution < 1.29 is 13.5 Å². The molecule has 0 aliphatic heterocycles. The molecule has 94 valence electrons. The molecule has 1 heterocycles. The molecule has 1 aromatic heterocycles. The Morgan fingerprint density at radius 3 is 2.72 bits per heavy atom. The average molecular weight is 250 g/mol. The Hall–Kier alpha value is -2.17. The van der Waals surface area contributed by atoms with Gasteiger partial charge in [0.1, 0.15) is 5.82 Å². The van der Waals surface area contributed by atoms with Crippen LogP contribution in [0.1, 0.15) is 5.56 Å². The Labute approximate surface area is 103 Å². The highest BCUT2D eigenvalue weighted by atomic mass is 19.1. The fourth-order valence-electron chi connectivity index (χ4n) is 1.53. The molecule has 0 saturated carbocycles. The van der Waals surface area contributed by atoms with E-state index in [1.54, 1.807) is 6.07 Å². The van der Waals surface area contributed by atoms with Gasteiger partial charge in [-0.2, -0.15) is 0 Å². The van der Waals surface area contributed by atoms with Gasteiger partial charge in [0.25, 0.3) is 5.88 Å². The lowest BCUT2D eigenvalue weighted by atomic mass is 10.1. The number of para-hydroxylation sites is 1. The van der Waals surface area contributed by atoms with E-state index in [0.717, 1.165) is 17.8 Å². The molecule has 2 N–H and O–H groups in total. The number of rotatable bonds is 4. The maximum Gasteiger partial charge on any atom is 0.250 e. The highest BCUT2D eigenvalue weighted by Crippen LogP contribution is 2.15. The largest absolute Gasteiger partial charge is 0.475 e. The van der Waals surface area contributed by atoms with Crippen molar-refractivity contribution in [2.24, 2.45) is 0 Å². The quantitative estimate of drug-likeness (QED) is 0.848. The fraction of sp³-hybridized carbons (Fsp3) is 0.154. The molecule has 0 atom stereocenters. The summed E-state index contributed by atoms with van der Waals surface area (Å²) in [5.74, 6) is -1.74. The third-order valence-corrected chi connectivity index (χ3v) is 2.44. The fourth-order valence-corrected chi connectivity index (χ4v) is 1.53. The van der Waals surface area contributed by atoms with Crippen LogP contribution in [0.3, 0.4) is 0 Å². The topological polar surface area (TPSA) is 48.1 Å². The van der Waals surface area contributed by atoms with Crippen molar-refractivity contribution in [2.45, 2.75) is 6.42 Å². The summed E-state index contributed by atoms with van der Waals surface area (Å²) in [4.78, 5) is 3.53. The number of anilines is 1. The van der Waals surface area contributed by atoms with E-state index < -0.39 is 11.6 Å². The molecule has 0 spiro atoms. The molecule has 0 fully saturated rings. The highest BCUT2D eigenvalue weighted by Gasteiger charge is 2.07. The molecular weight excluding hydrogens is 238 g/mol. The minimum absolute atomic E-state index is 0.203. The van der Waals surface area contributed by atoms with Crippen molar-refractivity contribution in [1.29, 1.82) is 0 Å². The van der Waals surface area contributed by atoms with Crippen LogP contribution in [0.25, 0.3) is 0 Å². The maximum atomic E-state index is 13.2. The van der Waals surface area contributed by atoms with E-state index in [0.29, 0.717) is 12.1 Å². The third-order valence-electron chi connectivity index (χ3n) is 2.44. The number of nitrogen functional groups attached to an aromatic ring is 1. The zero-order valence-corrected chi connectivity index (χ0v) is 9.57. The van der Waals surface area contributed by atoms with E-state index in [-0.39, 0.29) is 12.5 Å².